The van der Waals surface area contributed by atoms with E-state index in [4.69, 9.17) is 0 Å². The van der Waals surface area contributed by atoms with Crippen LogP contribution in [0.25, 0.3) is 0 Å². The van der Waals surface area contributed by atoms with Gasteiger partial charge in [0.1, 0.15) is 0 Å². The molecule has 1 aliphatic rings. The molecule has 3 rings (SSSR count). The van der Waals surface area contributed by atoms with Crippen LogP contribution in [0.3, 0.4) is 0 Å². The van der Waals surface area contributed by atoms with Gasteiger partial charge < -0.3 is 10.2 Å². The Morgan fingerprint density at radius 2 is 1.72 bits per heavy atom. The van der Waals surface area contributed by atoms with Crippen molar-refractivity contribution >= 4 is 39.1 Å². The molecule has 25 heavy (non-hydrogen) atoms. The molecule has 2 amide bonds. The molecule has 0 aromatic heterocycles. The average molecular weight is 401 g/mol. The summed E-state index contributed by atoms with van der Waals surface area (Å²) in [4.78, 5) is 26.7. The Morgan fingerprint density at radius 3 is 2.32 bits per heavy atom. The van der Waals surface area contributed by atoms with Gasteiger partial charge in [-0.3, -0.25) is 9.59 Å². The first-order valence-corrected chi connectivity index (χ1v) is 9.09. The molecule has 0 unspecified atom stereocenters. The van der Waals surface area contributed by atoms with Crippen LogP contribution in [0.15, 0.2) is 40.9 Å². The summed E-state index contributed by atoms with van der Waals surface area (Å²) in [5.74, 6) is -0.445. The van der Waals surface area contributed by atoms with Crippen molar-refractivity contribution in [2.75, 3.05) is 16.8 Å². The van der Waals surface area contributed by atoms with E-state index in [0.29, 0.717) is 6.54 Å². The minimum absolute atomic E-state index is 0.0141. The second-order valence-corrected chi connectivity index (χ2v) is 7.56. The van der Waals surface area contributed by atoms with Gasteiger partial charge in [0.05, 0.1) is 5.92 Å². The molecule has 4 nitrogen and oxygen atoms in total. The highest BCUT2D eigenvalue weighted by molar-refractivity contribution is 9.10. The van der Waals surface area contributed by atoms with E-state index in [1.54, 1.807) is 4.90 Å². The highest BCUT2D eigenvalue weighted by Crippen LogP contribution is 2.28. The van der Waals surface area contributed by atoms with Gasteiger partial charge in [-0.15, -0.1) is 0 Å². The molecular weight excluding hydrogens is 380 g/mol. The van der Waals surface area contributed by atoms with Gasteiger partial charge in [0.2, 0.25) is 11.8 Å². The first kappa shape index (κ1) is 17.7. The molecule has 1 fully saturated rings. The molecule has 2 aromatic carbocycles. The third-order valence-corrected chi connectivity index (χ3v) is 5.09. The number of benzene rings is 2. The van der Waals surface area contributed by atoms with Crippen molar-refractivity contribution < 1.29 is 9.59 Å². The number of amides is 2. The van der Waals surface area contributed by atoms with E-state index < -0.39 is 0 Å². The zero-order valence-corrected chi connectivity index (χ0v) is 16.2. The summed E-state index contributed by atoms with van der Waals surface area (Å²) in [6.45, 7) is 6.43. The van der Waals surface area contributed by atoms with E-state index in [1.807, 2.05) is 45.0 Å². The zero-order chi connectivity index (χ0) is 18.1. The van der Waals surface area contributed by atoms with Gasteiger partial charge in [-0.1, -0.05) is 33.6 Å². The molecule has 0 radical (unpaired) electrons. The summed E-state index contributed by atoms with van der Waals surface area (Å²) < 4.78 is 0.961. The Balaban J connectivity index is 1.74. The maximum Gasteiger partial charge on any atom is 0.229 e. The van der Waals surface area contributed by atoms with Crippen molar-refractivity contribution in [1.82, 2.24) is 0 Å². The van der Waals surface area contributed by atoms with E-state index in [2.05, 4.69) is 33.4 Å². The molecule has 1 aliphatic heterocycles. The van der Waals surface area contributed by atoms with Crippen molar-refractivity contribution in [2.45, 2.75) is 27.2 Å². The highest BCUT2D eigenvalue weighted by Gasteiger charge is 2.35. The van der Waals surface area contributed by atoms with Gasteiger partial charge in [0.15, 0.2) is 0 Å². The molecule has 0 aliphatic carbocycles. The maximum atomic E-state index is 12.7. The normalized spacial score (nSPS) is 17.0. The van der Waals surface area contributed by atoms with Crippen LogP contribution >= 0.6 is 15.9 Å². The fourth-order valence-corrected chi connectivity index (χ4v) is 3.62. The Kier molecular flexibility index (Phi) is 4.95. The lowest BCUT2D eigenvalue weighted by Crippen LogP contribution is -2.28. The summed E-state index contributed by atoms with van der Waals surface area (Å²) in [6, 6.07) is 11.7. The molecule has 0 bridgehead atoms. The van der Waals surface area contributed by atoms with Gasteiger partial charge in [0.25, 0.3) is 0 Å². The first-order chi connectivity index (χ1) is 11.8. The Labute approximate surface area is 156 Å². The maximum absolute atomic E-state index is 12.7. The number of carbonyl (C=O) groups excluding carboxylic acids is 2. The molecule has 130 valence electrons. The Morgan fingerprint density at radius 1 is 1.12 bits per heavy atom. The van der Waals surface area contributed by atoms with Crippen LogP contribution in [-0.2, 0) is 9.59 Å². The topological polar surface area (TPSA) is 49.4 Å². The second kappa shape index (κ2) is 7.00. The predicted molar refractivity (Wildman–Crippen MR) is 104 cm³/mol. The number of rotatable bonds is 3. The Bertz CT molecular complexity index is 807. The number of aryl methyl sites for hydroxylation is 3. The third kappa shape index (κ3) is 3.76. The molecule has 1 N–H and O–H groups in total. The molecule has 0 spiro atoms. The first-order valence-electron chi connectivity index (χ1n) is 8.30. The third-order valence-electron chi connectivity index (χ3n) is 4.56. The molecule has 1 atom stereocenters. The van der Waals surface area contributed by atoms with Crippen molar-refractivity contribution in [2.24, 2.45) is 5.92 Å². The Hall–Kier alpha value is -2.14. The molecule has 2 aromatic rings. The molecule has 0 saturated carbocycles. The molecule has 1 saturated heterocycles. The number of nitrogens with one attached hydrogen (secondary N) is 1. The predicted octanol–water partition coefficient (Wildman–Crippen LogP) is 4.37. The lowest BCUT2D eigenvalue weighted by molar-refractivity contribution is -0.122. The van der Waals surface area contributed by atoms with E-state index >= 15 is 0 Å². The minimum atomic E-state index is -0.337. The van der Waals surface area contributed by atoms with Gasteiger partial charge >= 0.3 is 0 Å². The second-order valence-electron chi connectivity index (χ2n) is 6.64. The van der Waals surface area contributed by atoms with Crippen molar-refractivity contribution in [1.29, 1.82) is 0 Å². The smallest absolute Gasteiger partial charge is 0.229 e. The van der Waals surface area contributed by atoms with Crippen LogP contribution in [0.2, 0.25) is 0 Å². The van der Waals surface area contributed by atoms with Gasteiger partial charge in [-0.2, -0.15) is 0 Å². The van der Waals surface area contributed by atoms with Crippen LogP contribution < -0.4 is 10.2 Å². The number of nitrogens with zero attached hydrogens (tertiary/aromatic N) is 1. The van der Waals surface area contributed by atoms with Crippen molar-refractivity contribution in [3.63, 3.8) is 0 Å². The van der Waals surface area contributed by atoms with Gasteiger partial charge in [-0.25, -0.2) is 0 Å². The van der Waals surface area contributed by atoms with Crippen LogP contribution in [0, 0.1) is 26.7 Å². The summed E-state index contributed by atoms with van der Waals surface area (Å²) >= 11 is 3.39. The quantitative estimate of drug-likeness (QED) is 0.831. The number of carbonyl (C=O) groups is 2. The summed E-state index contributed by atoms with van der Waals surface area (Å²) in [5.41, 5.74) is 4.93. The summed E-state index contributed by atoms with van der Waals surface area (Å²) in [6.07, 6.45) is 0.242. The largest absolute Gasteiger partial charge is 0.325 e. The van der Waals surface area contributed by atoms with Crippen molar-refractivity contribution in [3.05, 3.63) is 57.6 Å². The number of halogens is 1. The van der Waals surface area contributed by atoms with E-state index in [-0.39, 0.29) is 24.2 Å². The van der Waals surface area contributed by atoms with Crippen LogP contribution in [-0.4, -0.2) is 18.4 Å². The van der Waals surface area contributed by atoms with Crippen LogP contribution in [0.5, 0.6) is 0 Å². The van der Waals surface area contributed by atoms with E-state index in [0.717, 1.165) is 27.0 Å². The fourth-order valence-electron chi connectivity index (χ4n) is 3.36. The van der Waals surface area contributed by atoms with Gasteiger partial charge in [-0.05, 0) is 56.2 Å². The zero-order valence-electron chi connectivity index (χ0n) is 14.6. The monoisotopic (exact) mass is 400 g/mol. The summed E-state index contributed by atoms with van der Waals surface area (Å²) in [7, 11) is 0. The standard InChI is InChI=1S/C20H21BrN2O2/c1-12-8-13(2)19(14(3)9-12)22-20(25)15-10-18(24)23(11-15)17-6-4-16(21)5-7-17/h4-9,15H,10-11H2,1-3H3,(H,22,25)/t15-/m1/s1. The molecule has 1 heterocycles. The fraction of sp³-hybridized carbons (Fsp3) is 0.300. The van der Waals surface area contributed by atoms with Crippen LogP contribution in [0.1, 0.15) is 23.1 Å². The summed E-state index contributed by atoms with van der Waals surface area (Å²) in [5, 5.41) is 3.02. The van der Waals surface area contributed by atoms with E-state index in [1.165, 1.54) is 5.56 Å². The lowest BCUT2D eigenvalue weighted by Gasteiger charge is -2.18. The van der Waals surface area contributed by atoms with Gasteiger partial charge in [0, 0.05) is 28.8 Å². The minimum Gasteiger partial charge on any atom is -0.325 e. The lowest BCUT2D eigenvalue weighted by atomic mass is 10.0. The number of anilines is 2. The van der Waals surface area contributed by atoms with Crippen LogP contribution in [0.4, 0.5) is 11.4 Å². The molecule has 5 heteroatoms. The molecular formula is C20H21BrN2O2. The highest BCUT2D eigenvalue weighted by atomic mass is 79.9. The number of hydrogen-bond acceptors (Lipinski definition) is 2. The average Bonchev–Trinajstić information content (AvgIpc) is 2.93. The van der Waals surface area contributed by atoms with E-state index in [9.17, 15) is 9.59 Å². The van der Waals surface area contributed by atoms with Crippen molar-refractivity contribution in [3.8, 4) is 0 Å². The SMILES string of the molecule is Cc1cc(C)c(NC(=O)[C@@H]2CC(=O)N(c3ccc(Br)cc3)C2)c(C)c1. The number of hydrogen-bond donors (Lipinski definition) is 1.